The SMILES string of the molecule is [CH3-].[CH3-].[Hf+4].c1ccc2c(c1)[cH-]c1ccccc12.c1ccc2c(c1)[cH-]c1ccccc12. The van der Waals surface area contributed by atoms with Crippen LogP contribution in [0.4, 0.5) is 0 Å². The third-order valence-electron chi connectivity index (χ3n) is 5.05. The summed E-state index contributed by atoms with van der Waals surface area (Å²) in [5, 5.41) is 10.8. The van der Waals surface area contributed by atoms with E-state index in [4.69, 9.17) is 0 Å². The quantitative estimate of drug-likeness (QED) is 0.135. The van der Waals surface area contributed by atoms with Crippen LogP contribution in [-0.2, 0) is 25.8 Å². The average Bonchev–Trinajstić information content (AvgIpc) is 3.27. The first-order valence-electron chi connectivity index (χ1n) is 8.96. The summed E-state index contributed by atoms with van der Waals surface area (Å²) >= 11 is 0. The van der Waals surface area contributed by atoms with Crippen LogP contribution >= 0.6 is 0 Å². The predicted molar refractivity (Wildman–Crippen MR) is 127 cm³/mol. The fourth-order valence-corrected chi connectivity index (χ4v) is 3.81. The van der Waals surface area contributed by atoms with E-state index in [0.717, 1.165) is 0 Å². The van der Waals surface area contributed by atoms with E-state index >= 15 is 0 Å². The van der Waals surface area contributed by atoms with Gasteiger partial charge in [-0.05, 0) is 0 Å². The van der Waals surface area contributed by atoms with Gasteiger partial charge in [-0.3, -0.25) is 0 Å². The molecule has 0 aliphatic carbocycles. The summed E-state index contributed by atoms with van der Waals surface area (Å²) in [7, 11) is 0. The van der Waals surface area contributed by atoms with Gasteiger partial charge in [-0.15, -0.1) is 79.5 Å². The minimum atomic E-state index is 0. The third kappa shape index (κ3) is 4.26. The van der Waals surface area contributed by atoms with E-state index < -0.39 is 0 Å². The number of hydrogen-bond donors (Lipinski definition) is 0. The molecular weight excluding hydrogens is 515 g/mol. The Hall–Kier alpha value is -2.51. The Kier molecular flexibility index (Phi) is 7.70. The number of fused-ring (bicyclic) bond motifs is 6. The van der Waals surface area contributed by atoms with Gasteiger partial charge in [-0.2, -0.15) is 0 Å². The van der Waals surface area contributed by atoms with Gasteiger partial charge in [0.25, 0.3) is 0 Å². The topological polar surface area (TPSA) is 0 Å². The van der Waals surface area contributed by atoms with Crippen LogP contribution in [-0.4, -0.2) is 0 Å². The molecule has 0 N–H and O–H groups in total. The van der Waals surface area contributed by atoms with Crippen molar-refractivity contribution in [2.75, 3.05) is 0 Å². The summed E-state index contributed by atoms with van der Waals surface area (Å²) in [5.74, 6) is 0. The molecular formula is C28H24Hf. The van der Waals surface area contributed by atoms with Crippen LogP contribution in [0.3, 0.4) is 0 Å². The minimum absolute atomic E-state index is 0. The largest absolute Gasteiger partial charge is 4.00 e. The van der Waals surface area contributed by atoms with E-state index in [1.165, 1.54) is 43.1 Å². The second-order valence-electron chi connectivity index (χ2n) is 6.64. The van der Waals surface area contributed by atoms with Gasteiger partial charge in [0.2, 0.25) is 0 Å². The maximum absolute atomic E-state index is 2.24. The minimum Gasteiger partial charge on any atom is -0.358 e. The second kappa shape index (κ2) is 9.80. The molecule has 0 aliphatic rings. The van der Waals surface area contributed by atoms with E-state index in [2.05, 4.69) is 109 Å². The molecule has 0 nitrogen and oxygen atoms in total. The Morgan fingerprint density at radius 1 is 0.345 bits per heavy atom. The van der Waals surface area contributed by atoms with Crippen molar-refractivity contribution in [3.05, 3.63) is 124 Å². The van der Waals surface area contributed by atoms with E-state index in [-0.39, 0.29) is 40.7 Å². The first kappa shape index (κ1) is 22.8. The zero-order valence-corrected chi connectivity index (χ0v) is 20.5. The third-order valence-corrected chi connectivity index (χ3v) is 5.05. The molecule has 0 fully saturated rings. The summed E-state index contributed by atoms with van der Waals surface area (Å²) in [6.45, 7) is 0. The summed E-state index contributed by atoms with van der Waals surface area (Å²) in [6, 6.07) is 38.5. The molecule has 6 aromatic carbocycles. The molecule has 0 radical (unpaired) electrons. The normalized spacial score (nSPS) is 9.93. The van der Waals surface area contributed by atoms with E-state index in [0.29, 0.717) is 0 Å². The van der Waals surface area contributed by atoms with Gasteiger partial charge in [0.1, 0.15) is 0 Å². The molecule has 0 spiro atoms. The van der Waals surface area contributed by atoms with Gasteiger partial charge < -0.3 is 14.9 Å². The van der Waals surface area contributed by atoms with Crippen LogP contribution in [0.2, 0.25) is 0 Å². The molecule has 0 heterocycles. The standard InChI is InChI=1S/2C13H9.2CH3.Hf/c2*1-3-7-12-10(5-1)9-11-6-2-4-8-13(11)12;;;/h2*1-9H;2*1H3;/q4*-1;+4. The van der Waals surface area contributed by atoms with E-state index in [1.807, 2.05) is 0 Å². The summed E-state index contributed by atoms with van der Waals surface area (Å²) in [4.78, 5) is 0. The molecule has 0 saturated carbocycles. The molecule has 1 heteroatoms. The zero-order chi connectivity index (χ0) is 17.3. The first-order chi connectivity index (χ1) is 12.9. The summed E-state index contributed by atoms with van der Waals surface area (Å²) in [6.07, 6.45) is 0. The Balaban J connectivity index is 0.000000187. The monoisotopic (exact) mass is 540 g/mol. The Labute approximate surface area is 192 Å². The molecule has 0 aliphatic heterocycles. The van der Waals surface area contributed by atoms with Crippen LogP contribution < -0.4 is 0 Å². The molecule has 29 heavy (non-hydrogen) atoms. The maximum atomic E-state index is 2.24. The smallest absolute Gasteiger partial charge is 0.358 e. The molecule has 0 aromatic heterocycles. The van der Waals surface area contributed by atoms with Gasteiger partial charge in [0.15, 0.2) is 0 Å². The first-order valence-corrected chi connectivity index (χ1v) is 8.96. The van der Waals surface area contributed by atoms with Gasteiger partial charge in [-0.1, -0.05) is 72.8 Å². The predicted octanol–water partition coefficient (Wildman–Crippen LogP) is 8.32. The van der Waals surface area contributed by atoms with Gasteiger partial charge in [-0.25, -0.2) is 0 Å². The van der Waals surface area contributed by atoms with Crippen LogP contribution in [0.15, 0.2) is 109 Å². The van der Waals surface area contributed by atoms with Crippen LogP contribution in [0.25, 0.3) is 43.1 Å². The van der Waals surface area contributed by atoms with Crippen molar-refractivity contribution >= 4 is 43.1 Å². The Bertz CT molecular complexity index is 1130. The van der Waals surface area contributed by atoms with Crippen molar-refractivity contribution < 1.29 is 25.8 Å². The number of benzene rings is 4. The van der Waals surface area contributed by atoms with Crippen molar-refractivity contribution in [1.82, 2.24) is 0 Å². The summed E-state index contributed by atoms with van der Waals surface area (Å²) < 4.78 is 0. The molecule has 0 amide bonds. The van der Waals surface area contributed by atoms with Gasteiger partial charge in [0, 0.05) is 0 Å². The van der Waals surface area contributed by atoms with Crippen LogP contribution in [0.1, 0.15) is 0 Å². The molecule has 0 saturated heterocycles. The molecule has 0 unspecified atom stereocenters. The molecule has 6 rings (SSSR count). The molecule has 0 atom stereocenters. The van der Waals surface area contributed by atoms with Crippen molar-refractivity contribution in [3.63, 3.8) is 0 Å². The number of rotatable bonds is 0. The van der Waals surface area contributed by atoms with Crippen molar-refractivity contribution in [2.45, 2.75) is 0 Å². The Morgan fingerprint density at radius 3 is 0.793 bits per heavy atom. The fourth-order valence-electron chi connectivity index (χ4n) is 3.81. The zero-order valence-electron chi connectivity index (χ0n) is 16.9. The second-order valence-corrected chi connectivity index (χ2v) is 6.64. The van der Waals surface area contributed by atoms with Crippen molar-refractivity contribution in [1.29, 1.82) is 0 Å². The van der Waals surface area contributed by atoms with E-state index in [1.54, 1.807) is 0 Å². The van der Waals surface area contributed by atoms with Crippen LogP contribution in [0.5, 0.6) is 0 Å². The van der Waals surface area contributed by atoms with Crippen LogP contribution in [0, 0.1) is 14.9 Å². The van der Waals surface area contributed by atoms with E-state index in [9.17, 15) is 0 Å². The van der Waals surface area contributed by atoms with Gasteiger partial charge >= 0.3 is 25.8 Å². The molecule has 0 bridgehead atoms. The maximum Gasteiger partial charge on any atom is 4.00 e. The molecule has 140 valence electrons. The Morgan fingerprint density at radius 2 is 0.552 bits per heavy atom. The van der Waals surface area contributed by atoms with Crippen molar-refractivity contribution in [2.24, 2.45) is 0 Å². The van der Waals surface area contributed by atoms with Gasteiger partial charge in [0.05, 0.1) is 0 Å². The average molecular weight is 539 g/mol. The fraction of sp³-hybridized carbons (Fsp3) is 0. The van der Waals surface area contributed by atoms with Crippen molar-refractivity contribution in [3.8, 4) is 0 Å². The summed E-state index contributed by atoms with van der Waals surface area (Å²) in [5.41, 5.74) is 0. The molecule has 6 aromatic rings. The number of hydrogen-bond acceptors (Lipinski definition) is 0.